The minimum absolute atomic E-state index is 0.271. The number of nitrogens with two attached hydrogens (primary N) is 1. The minimum atomic E-state index is -0.839. The number of aliphatic imine (C=N–C) groups is 1. The topological polar surface area (TPSA) is 76.7 Å². The van der Waals surface area contributed by atoms with Gasteiger partial charge in [-0.3, -0.25) is 4.99 Å². The van der Waals surface area contributed by atoms with Crippen LogP contribution < -0.4 is 15.8 Å². The van der Waals surface area contributed by atoms with E-state index in [-0.39, 0.29) is 12.6 Å². The van der Waals surface area contributed by atoms with Gasteiger partial charge in [0.25, 0.3) is 0 Å². The molecule has 0 aromatic heterocycles. The predicted octanol–water partition coefficient (Wildman–Crippen LogP) is 4.17. The zero-order chi connectivity index (χ0) is 19.8. The number of carbonyl (C=O) groups is 1. The van der Waals surface area contributed by atoms with E-state index in [1.165, 1.54) is 63.4 Å². The van der Waals surface area contributed by atoms with E-state index in [0.717, 1.165) is 18.5 Å². The lowest BCUT2D eigenvalue weighted by Crippen LogP contribution is -2.57. The quantitative estimate of drug-likeness (QED) is 0.400. The first-order valence-corrected chi connectivity index (χ1v) is 10.8. The zero-order valence-electron chi connectivity index (χ0n) is 17.2. The van der Waals surface area contributed by atoms with Crippen LogP contribution in [0.1, 0.15) is 75.7 Å². The molecule has 5 heteroatoms. The second kappa shape index (κ2) is 9.94. The molecule has 2 saturated carbocycles. The third-order valence-corrected chi connectivity index (χ3v) is 6.42. The largest absolute Gasteiger partial charge is 0.490 e. The molecular weight excluding hydrogens is 350 g/mol. The molecule has 5 nitrogen and oxygen atoms in total. The van der Waals surface area contributed by atoms with Crippen LogP contribution in [-0.2, 0) is 4.79 Å². The lowest BCUT2D eigenvalue weighted by molar-refractivity contribution is -0.114. The van der Waals surface area contributed by atoms with Crippen molar-refractivity contribution in [3.8, 4) is 5.75 Å². The van der Waals surface area contributed by atoms with E-state index in [1.807, 2.05) is 12.1 Å². The molecule has 2 fully saturated rings. The number of aldehydes is 1. The van der Waals surface area contributed by atoms with Gasteiger partial charge in [-0.05, 0) is 42.7 Å². The monoisotopic (exact) mass is 385 g/mol. The highest BCUT2D eigenvalue weighted by Crippen LogP contribution is 2.39. The highest BCUT2D eigenvalue weighted by atomic mass is 16.5. The molecule has 0 radical (unpaired) electrons. The summed E-state index contributed by atoms with van der Waals surface area (Å²) in [5.41, 5.74) is 6.40. The number of nitrogens with one attached hydrogen (secondary N) is 1. The molecule has 1 unspecified atom stereocenters. The van der Waals surface area contributed by atoms with Gasteiger partial charge < -0.3 is 20.6 Å². The molecule has 2 aliphatic rings. The summed E-state index contributed by atoms with van der Waals surface area (Å²) < 4.78 is 6.29. The number of para-hydroxylation sites is 1. The van der Waals surface area contributed by atoms with Gasteiger partial charge in [-0.1, -0.05) is 63.1 Å². The van der Waals surface area contributed by atoms with Crippen molar-refractivity contribution >= 4 is 12.2 Å². The van der Waals surface area contributed by atoms with Crippen LogP contribution in [0, 0.1) is 5.92 Å². The van der Waals surface area contributed by atoms with Crippen molar-refractivity contribution in [1.29, 1.82) is 0 Å². The highest BCUT2D eigenvalue weighted by molar-refractivity contribution is 5.83. The number of hydrogen-bond acceptors (Lipinski definition) is 3. The fourth-order valence-electron chi connectivity index (χ4n) is 4.87. The Morgan fingerprint density at radius 1 is 1.18 bits per heavy atom. The second-order valence-electron chi connectivity index (χ2n) is 8.52. The molecule has 1 aromatic rings. The summed E-state index contributed by atoms with van der Waals surface area (Å²) in [6, 6.07) is 8.29. The van der Waals surface area contributed by atoms with Gasteiger partial charge in [0.15, 0.2) is 5.96 Å². The summed E-state index contributed by atoms with van der Waals surface area (Å²) in [5.74, 6) is 2.27. The predicted molar refractivity (Wildman–Crippen MR) is 114 cm³/mol. The Bertz CT molecular complexity index is 664. The third-order valence-electron chi connectivity index (χ3n) is 6.42. The van der Waals surface area contributed by atoms with E-state index in [1.54, 1.807) is 7.05 Å². The lowest BCUT2D eigenvalue weighted by atomic mass is 9.80. The smallest absolute Gasteiger partial charge is 0.189 e. The summed E-state index contributed by atoms with van der Waals surface area (Å²) in [4.78, 5) is 16.3. The SMILES string of the molecule is CN=C(N)NC(C=O)(COc1ccccc1C1CCCC1)CC1CCCCC1. The normalized spacial score (nSPS) is 21.2. The Balaban J connectivity index is 1.76. The number of ether oxygens (including phenoxy) is 1. The molecule has 1 aromatic carbocycles. The molecule has 3 N–H and O–H groups in total. The van der Waals surface area contributed by atoms with Crippen LogP contribution in [0.4, 0.5) is 0 Å². The van der Waals surface area contributed by atoms with Crippen LogP contribution >= 0.6 is 0 Å². The molecule has 2 aliphatic carbocycles. The van der Waals surface area contributed by atoms with E-state index < -0.39 is 5.54 Å². The summed E-state index contributed by atoms with van der Waals surface area (Å²) in [7, 11) is 1.63. The summed E-state index contributed by atoms with van der Waals surface area (Å²) in [6.45, 7) is 0.271. The van der Waals surface area contributed by atoms with Gasteiger partial charge in [-0.25, -0.2) is 0 Å². The molecule has 0 saturated heterocycles. The maximum atomic E-state index is 12.3. The van der Waals surface area contributed by atoms with Gasteiger partial charge in [0.1, 0.15) is 24.2 Å². The van der Waals surface area contributed by atoms with E-state index in [0.29, 0.717) is 11.8 Å². The van der Waals surface area contributed by atoms with Gasteiger partial charge in [0, 0.05) is 7.05 Å². The van der Waals surface area contributed by atoms with E-state index in [4.69, 9.17) is 10.5 Å². The molecule has 1 atom stereocenters. The van der Waals surface area contributed by atoms with Crippen molar-refractivity contribution in [2.24, 2.45) is 16.6 Å². The molecular formula is C23H35N3O2. The van der Waals surface area contributed by atoms with Crippen LogP contribution in [0.5, 0.6) is 5.75 Å². The standard InChI is InChI=1S/C23H35N3O2/c1-25-22(24)26-23(16-27,15-18-9-3-2-4-10-18)17-28-21-14-8-7-13-20(21)19-11-5-6-12-19/h7-8,13-14,16,18-19H,2-6,9-12,15,17H2,1H3,(H3,24,25,26). The molecule has 28 heavy (non-hydrogen) atoms. The molecule has 0 spiro atoms. The first-order valence-electron chi connectivity index (χ1n) is 10.8. The van der Waals surface area contributed by atoms with Crippen molar-refractivity contribution in [3.05, 3.63) is 29.8 Å². The van der Waals surface area contributed by atoms with Crippen LogP contribution in [0.3, 0.4) is 0 Å². The number of nitrogens with zero attached hydrogens (tertiary/aromatic N) is 1. The Labute approximate surface area is 169 Å². The number of benzene rings is 1. The third kappa shape index (κ3) is 5.27. The van der Waals surface area contributed by atoms with E-state index in [9.17, 15) is 4.79 Å². The molecule has 0 amide bonds. The Hall–Kier alpha value is -2.04. The number of hydrogen-bond donors (Lipinski definition) is 2. The number of rotatable bonds is 8. The summed E-state index contributed by atoms with van der Waals surface area (Å²) in [6.07, 6.45) is 12.8. The number of carbonyl (C=O) groups excluding carboxylic acids is 1. The van der Waals surface area contributed by atoms with Crippen LogP contribution in [0.2, 0.25) is 0 Å². The van der Waals surface area contributed by atoms with E-state index >= 15 is 0 Å². The molecule has 0 bridgehead atoms. The molecule has 154 valence electrons. The van der Waals surface area contributed by atoms with Crippen LogP contribution in [0.25, 0.3) is 0 Å². The average Bonchev–Trinajstić information content (AvgIpc) is 3.27. The van der Waals surface area contributed by atoms with Gasteiger partial charge in [-0.15, -0.1) is 0 Å². The average molecular weight is 386 g/mol. The van der Waals surface area contributed by atoms with Crippen molar-refractivity contribution in [3.63, 3.8) is 0 Å². The Kier molecular flexibility index (Phi) is 7.35. The lowest BCUT2D eigenvalue weighted by Gasteiger charge is -2.35. The first-order chi connectivity index (χ1) is 13.7. The molecule has 0 aliphatic heterocycles. The number of guanidine groups is 1. The van der Waals surface area contributed by atoms with Gasteiger partial charge in [0.05, 0.1) is 0 Å². The van der Waals surface area contributed by atoms with Crippen molar-refractivity contribution in [2.45, 2.75) is 75.7 Å². The van der Waals surface area contributed by atoms with Crippen LogP contribution in [0.15, 0.2) is 29.3 Å². The highest BCUT2D eigenvalue weighted by Gasteiger charge is 2.35. The van der Waals surface area contributed by atoms with Gasteiger partial charge in [0.2, 0.25) is 0 Å². The Morgan fingerprint density at radius 3 is 2.54 bits per heavy atom. The fraction of sp³-hybridized carbons (Fsp3) is 0.652. The molecule has 0 heterocycles. The van der Waals surface area contributed by atoms with E-state index in [2.05, 4.69) is 22.4 Å². The van der Waals surface area contributed by atoms with Gasteiger partial charge >= 0.3 is 0 Å². The molecule has 3 rings (SSSR count). The summed E-state index contributed by atoms with van der Waals surface area (Å²) in [5, 5.41) is 3.17. The minimum Gasteiger partial charge on any atom is -0.490 e. The zero-order valence-corrected chi connectivity index (χ0v) is 17.2. The maximum absolute atomic E-state index is 12.3. The first kappa shape index (κ1) is 20.7. The fourth-order valence-corrected chi connectivity index (χ4v) is 4.87. The van der Waals surface area contributed by atoms with Crippen molar-refractivity contribution in [2.75, 3.05) is 13.7 Å². The Morgan fingerprint density at radius 2 is 1.86 bits per heavy atom. The van der Waals surface area contributed by atoms with Crippen LogP contribution in [-0.4, -0.2) is 31.4 Å². The van der Waals surface area contributed by atoms with Crippen molar-refractivity contribution in [1.82, 2.24) is 5.32 Å². The van der Waals surface area contributed by atoms with Gasteiger partial charge in [-0.2, -0.15) is 0 Å². The maximum Gasteiger partial charge on any atom is 0.189 e. The van der Waals surface area contributed by atoms with Crippen molar-refractivity contribution < 1.29 is 9.53 Å². The second-order valence-corrected chi connectivity index (χ2v) is 8.52. The summed E-state index contributed by atoms with van der Waals surface area (Å²) >= 11 is 0.